The molecule has 1 unspecified atom stereocenters. The first kappa shape index (κ1) is 20.4. The predicted octanol–water partition coefficient (Wildman–Crippen LogP) is 1.35. The van der Waals surface area contributed by atoms with Gasteiger partial charge in [0.1, 0.15) is 5.75 Å². The van der Waals surface area contributed by atoms with Crippen molar-refractivity contribution in [1.82, 2.24) is 15.5 Å². The standard InChI is InChI=1S/C22H25N3O4/c26-20(16-29-19-9-5-2-6-10-19)23-11-12-24-22(28)18-13-21(27)25(15-18)14-17-7-3-1-4-8-17/h1-10,18H,11-16H2,(H,23,26)(H,24,28). The Morgan fingerprint density at radius 3 is 2.34 bits per heavy atom. The highest BCUT2D eigenvalue weighted by Crippen LogP contribution is 2.20. The molecule has 1 aliphatic rings. The molecule has 152 valence electrons. The van der Waals surface area contributed by atoms with Gasteiger partial charge in [-0.05, 0) is 17.7 Å². The Morgan fingerprint density at radius 1 is 0.966 bits per heavy atom. The van der Waals surface area contributed by atoms with E-state index in [0.29, 0.717) is 31.9 Å². The van der Waals surface area contributed by atoms with Crippen molar-refractivity contribution in [2.24, 2.45) is 5.92 Å². The highest BCUT2D eigenvalue weighted by molar-refractivity contribution is 5.89. The summed E-state index contributed by atoms with van der Waals surface area (Å²) in [5, 5.41) is 5.48. The Balaban J connectivity index is 1.32. The first-order valence-corrected chi connectivity index (χ1v) is 9.66. The summed E-state index contributed by atoms with van der Waals surface area (Å²) in [6.07, 6.45) is 0.218. The molecule has 1 atom stereocenters. The number of benzene rings is 2. The van der Waals surface area contributed by atoms with Crippen molar-refractivity contribution >= 4 is 17.7 Å². The molecule has 0 bridgehead atoms. The normalized spacial score (nSPS) is 15.8. The summed E-state index contributed by atoms with van der Waals surface area (Å²) in [6, 6.07) is 18.8. The quantitative estimate of drug-likeness (QED) is 0.628. The van der Waals surface area contributed by atoms with E-state index >= 15 is 0 Å². The Morgan fingerprint density at radius 2 is 1.62 bits per heavy atom. The van der Waals surface area contributed by atoms with Crippen LogP contribution in [0.2, 0.25) is 0 Å². The van der Waals surface area contributed by atoms with Gasteiger partial charge in [0, 0.05) is 32.6 Å². The number of likely N-dealkylation sites (tertiary alicyclic amines) is 1. The van der Waals surface area contributed by atoms with Crippen molar-refractivity contribution < 1.29 is 19.1 Å². The number of amides is 3. The van der Waals surface area contributed by atoms with Crippen molar-refractivity contribution in [3.05, 3.63) is 66.2 Å². The van der Waals surface area contributed by atoms with Gasteiger partial charge in [-0.25, -0.2) is 0 Å². The number of rotatable bonds is 9. The van der Waals surface area contributed by atoms with Crippen LogP contribution in [-0.2, 0) is 20.9 Å². The van der Waals surface area contributed by atoms with Gasteiger partial charge in [-0.1, -0.05) is 48.5 Å². The Bertz CT molecular complexity index is 826. The lowest BCUT2D eigenvalue weighted by molar-refractivity contribution is -0.129. The average molecular weight is 395 g/mol. The number of para-hydroxylation sites is 1. The minimum Gasteiger partial charge on any atom is -0.484 e. The van der Waals surface area contributed by atoms with E-state index in [0.717, 1.165) is 5.56 Å². The summed E-state index contributed by atoms with van der Waals surface area (Å²) >= 11 is 0. The lowest BCUT2D eigenvalue weighted by Crippen LogP contribution is -2.39. The first-order valence-electron chi connectivity index (χ1n) is 9.66. The van der Waals surface area contributed by atoms with Gasteiger partial charge < -0.3 is 20.3 Å². The number of ether oxygens (including phenoxy) is 1. The van der Waals surface area contributed by atoms with E-state index in [-0.39, 0.29) is 36.7 Å². The van der Waals surface area contributed by atoms with Gasteiger partial charge in [-0.2, -0.15) is 0 Å². The monoisotopic (exact) mass is 395 g/mol. The molecule has 2 aromatic rings. The predicted molar refractivity (Wildman–Crippen MR) is 108 cm³/mol. The molecule has 1 fully saturated rings. The van der Waals surface area contributed by atoms with E-state index in [1.807, 2.05) is 48.5 Å². The number of nitrogens with one attached hydrogen (secondary N) is 2. The van der Waals surface area contributed by atoms with Gasteiger partial charge in [0.2, 0.25) is 11.8 Å². The van der Waals surface area contributed by atoms with Crippen molar-refractivity contribution in [2.75, 3.05) is 26.2 Å². The van der Waals surface area contributed by atoms with Crippen LogP contribution in [0.3, 0.4) is 0 Å². The topological polar surface area (TPSA) is 87.7 Å². The van der Waals surface area contributed by atoms with E-state index in [4.69, 9.17) is 4.74 Å². The van der Waals surface area contributed by atoms with E-state index in [1.165, 1.54) is 0 Å². The molecule has 2 aromatic carbocycles. The molecule has 0 saturated carbocycles. The molecule has 0 radical (unpaired) electrons. The first-order chi connectivity index (χ1) is 14.1. The highest BCUT2D eigenvalue weighted by Gasteiger charge is 2.33. The maximum Gasteiger partial charge on any atom is 0.258 e. The SMILES string of the molecule is O=C(COc1ccccc1)NCCNC(=O)C1CC(=O)N(Cc2ccccc2)C1. The average Bonchev–Trinajstić information content (AvgIpc) is 3.11. The molecular weight excluding hydrogens is 370 g/mol. The summed E-state index contributed by atoms with van der Waals surface area (Å²) in [4.78, 5) is 38.0. The third-order valence-electron chi connectivity index (χ3n) is 4.66. The van der Waals surface area contributed by atoms with Crippen LogP contribution in [0.15, 0.2) is 60.7 Å². The van der Waals surface area contributed by atoms with Crippen LogP contribution in [0.5, 0.6) is 5.75 Å². The van der Waals surface area contributed by atoms with Gasteiger partial charge >= 0.3 is 0 Å². The number of carbonyl (C=O) groups excluding carboxylic acids is 3. The molecular formula is C22H25N3O4. The van der Waals surface area contributed by atoms with E-state index in [9.17, 15) is 14.4 Å². The summed E-state index contributed by atoms with van der Waals surface area (Å²) in [5.41, 5.74) is 1.04. The van der Waals surface area contributed by atoms with Crippen LogP contribution in [0.4, 0.5) is 0 Å². The Labute approximate surface area is 170 Å². The van der Waals surface area contributed by atoms with Crippen molar-refractivity contribution in [3.63, 3.8) is 0 Å². The maximum absolute atomic E-state index is 12.3. The minimum atomic E-state index is -0.358. The molecule has 3 rings (SSSR count). The van der Waals surface area contributed by atoms with Crippen LogP contribution < -0.4 is 15.4 Å². The highest BCUT2D eigenvalue weighted by atomic mass is 16.5. The van der Waals surface area contributed by atoms with Crippen molar-refractivity contribution in [1.29, 1.82) is 0 Å². The zero-order chi connectivity index (χ0) is 20.5. The van der Waals surface area contributed by atoms with Gasteiger partial charge in [-0.15, -0.1) is 0 Å². The number of nitrogens with zero attached hydrogens (tertiary/aromatic N) is 1. The Kier molecular flexibility index (Phi) is 7.22. The third-order valence-corrected chi connectivity index (χ3v) is 4.66. The van der Waals surface area contributed by atoms with Gasteiger partial charge in [0.25, 0.3) is 5.91 Å². The number of hydrogen-bond donors (Lipinski definition) is 2. The fourth-order valence-electron chi connectivity index (χ4n) is 3.15. The van der Waals surface area contributed by atoms with Gasteiger partial charge in [0.15, 0.2) is 6.61 Å². The van der Waals surface area contributed by atoms with Crippen LogP contribution >= 0.6 is 0 Å². The summed E-state index contributed by atoms with van der Waals surface area (Å²) in [6.45, 7) is 1.46. The zero-order valence-corrected chi connectivity index (χ0v) is 16.2. The van der Waals surface area contributed by atoms with Crippen LogP contribution in [-0.4, -0.2) is 48.9 Å². The van der Waals surface area contributed by atoms with Crippen LogP contribution in [0.1, 0.15) is 12.0 Å². The fourth-order valence-corrected chi connectivity index (χ4v) is 3.15. The van der Waals surface area contributed by atoms with Crippen LogP contribution in [0, 0.1) is 5.92 Å². The molecule has 29 heavy (non-hydrogen) atoms. The molecule has 0 aromatic heterocycles. The Hall–Kier alpha value is -3.35. The van der Waals surface area contributed by atoms with Gasteiger partial charge in [0.05, 0.1) is 5.92 Å². The summed E-state index contributed by atoms with van der Waals surface area (Å²) in [7, 11) is 0. The van der Waals surface area contributed by atoms with Crippen LogP contribution in [0.25, 0.3) is 0 Å². The van der Waals surface area contributed by atoms with Gasteiger partial charge in [-0.3, -0.25) is 14.4 Å². The maximum atomic E-state index is 12.3. The second-order valence-electron chi connectivity index (χ2n) is 6.90. The minimum absolute atomic E-state index is 0.0135. The zero-order valence-electron chi connectivity index (χ0n) is 16.2. The third kappa shape index (κ3) is 6.34. The molecule has 0 aliphatic carbocycles. The smallest absolute Gasteiger partial charge is 0.258 e. The van der Waals surface area contributed by atoms with E-state index < -0.39 is 0 Å². The van der Waals surface area contributed by atoms with Crippen molar-refractivity contribution in [2.45, 2.75) is 13.0 Å². The molecule has 7 nitrogen and oxygen atoms in total. The molecule has 2 N–H and O–H groups in total. The summed E-state index contributed by atoms with van der Waals surface area (Å²) in [5.74, 6) is -0.164. The molecule has 1 aliphatic heterocycles. The van der Waals surface area contributed by atoms with E-state index in [2.05, 4.69) is 10.6 Å². The fraction of sp³-hybridized carbons (Fsp3) is 0.318. The molecule has 1 saturated heterocycles. The van der Waals surface area contributed by atoms with E-state index in [1.54, 1.807) is 17.0 Å². The molecule has 3 amide bonds. The molecule has 7 heteroatoms. The number of hydrogen-bond acceptors (Lipinski definition) is 4. The molecule has 0 spiro atoms. The lowest BCUT2D eigenvalue weighted by Gasteiger charge is -2.16. The second-order valence-corrected chi connectivity index (χ2v) is 6.90. The summed E-state index contributed by atoms with van der Waals surface area (Å²) < 4.78 is 5.36. The number of carbonyl (C=O) groups is 3. The van der Waals surface area contributed by atoms with Crippen molar-refractivity contribution in [3.8, 4) is 5.75 Å². The second kappa shape index (κ2) is 10.3. The lowest BCUT2D eigenvalue weighted by atomic mass is 10.1. The largest absolute Gasteiger partial charge is 0.484 e. The molecule has 1 heterocycles.